The molecule has 0 fully saturated rings. The van der Waals surface area contributed by atoms with Gasteiger partial charge in [-0.05, 0) is 22.5 Å². The number of benzene rings is 1. The molecule has 1 aromatic carbocycles. The van der Waals surface area contributed by atoms with Gasteiger partial charge in [-0.2, -0.15) is 0 Å². The van der Waals surface area contributed by atoms with Crippen LogP contribution >= 0.6 is 0 Å². The van der Waals surface area contributed by atoms with Crippen LogP contribution < -0.4 is 10.5 Å². The van der Waals surface area contributed by atoms with Gasteiger partial charge in [-0.15, -0.1) is 0 Å². The third-order valence-corrected chi connectivity index (χ3v) is 3.13. The Morgan fingerprint density at radius 3 is 1.77 bits per heavy atom. The summed E-state index contributed by atoms with van der Waals surface area (Å²) in [6.07, 6.45) is -0.738. The van der Waals surface area contributed by atoms with Crippen molar-refractivity contribution >= 4 is 11.8 Å². The number of nitrogens with two attached hydrogens (primary N) is 1. The fourth-order valence-electron chi connectivity index (χ4n) is 2.05. The summed E-state index contributed by atoms with van der Waals surface area (Å²) >= 11 is 0. The van der Waals surface area contributed by atoms with E-state index >= 15 is 0 Å². The van der Waals surface area contributed by atoms with Crippen LogP contribution in [-0.4, -0.2) is 13.3 Å². The molecule has 0 aliphatic rings. The maximum atomic E-state index is 11.4. The second-order valence-electron chi connectivity index (χ2n) is 6.99. The van der Waals surface area contributed by atoms with Gasteiger partial charge in [0.1, 0.15) is 5.75 Å². The molecule has 4 nitrogen and oxygen atoms in total. The average molecular weight is 309 g/mol. The number of anilines is 1. The molecule has 0 spiro atoms. The van der Waals surface area contributed by atoms with Gasteiger partial charge in [0.15, 0.2) is 0 Å². The van der Waals surface area contributed by atoms with Crippen molar-refractivity contribution in [3.63, 3.8) is 0 Å². The van der Waals surface area contributed by atoms with E-state index in [1.165, 1.54) is 7.11 Å². The summed E-state index contributed by atoms with van der Waals surface area (Å²) in [6, 6.07) is 3.73. The lowest BCUT2D eigenvalue weighted by molar-refractivity contribution is 0.120. The standard InChI is InChI=1S/C16H25NO3.C2H6/c1-15(2,3)10-8-11(16(4,5)6)13(9-12(10)17)20-14(18)19-7;1-2/h8-9H,17H2,1-7H3;1-2H3. The molecule has 0 amide bonds. The number of hydrogen-bond acceptors (Lipinski definition) is 4. The zero-order valence-corrected chi connectivity index (χ0v) is 15.5. The molecule has 4 heteroatoms. The molecule has 1 aromatic rings. The molecular formula is C18H31NO3. The summed E-state index contributed by atoms with van der Waals surface area (Å²) in [4.78, 5) is 11.4. The molecule has 22 heavy (non-hydrogen) atoms. The summed E-state index contributed by atoms with van der Waals surface area (Å²) in [5.74, 6) is 0.454. The predicted octanol–water partition coefficient (Wildman–Crippen LogP) is 5.04. The van der Waals surface area contributed by atoms with Crippen molar-refractivity contribution in [3.05, 3.63) is 23.3 Å². The minimum absolute atomic E-state index is 0.0755. The number of methoxy groups -OCH3 is 1. The van der Waals surface area contributed by atoms with Crippen LogP contribution in [0.2, 0.25) is 0 Å². The Morgan fingerprint density at radius 1 is 0.955 bits per heavy atom. The highest BCUT2D eigenvalue weighted by Gasteiger charge is 2.26. The summed E-state index contributed by atoms with van der Waals surface area (Å²) in [5.41, 5.74) is 8.45. The van der Waals surface area contributed by atoms with Crippen molar-refractivity contribution in [2.24, 2.45) is 0 Å². The highest BCUT2D eigenvalue weighted by molar-refractivity contribution is 5.67. The molecule has 0 saturated heterocycles. The summed E-state index contributed by atoms with van der Waals surface area (Å²) in [6.45, 7) is 16.5. The molecule has 0 saturated carbocycles. The minimum atomic E-state index is -0.738. The minimum Gasteiger partial charge on any atom is -0.437 e. The Labute approximate surface area is 135 Å². The van der Waals surface area contributed by atoms with Gasteiger partial charge in [-0.3, -0.25) is 0 Å². The van der Waals surface area contributed by atoms with Gasteiger partial charge in [-0.1, -0.05) is 55.4 Å². The van der Waals surface area contributed by atoms with E-state index in [4.69, 9.17) is 10.5 Å². The van der Waals surface area contributed by atoms with Gasteiger partial charge < -0.3 is 15.2 Å². The maximum Gasteiger partial charge on any atom is 0.513 e. The predicted molar refractivity (Wildman–Crippen MR) is 92.6 cm³/mol. The van der Waals surface area contributed by atoms with E-state index in [1.807, 2.05) is 19.9 Å². The summed E-state index contributed by atoms with van der Waals surface area (Å²) in [5, 5.41) is 0. The van der Waals surface area contributed by atoms with E-state index in [1.54, 1.807) is 6.07 Å². The first-order chi connectivity index (χ1) is 9.96. The van der Waals surface area contributed by atoms with Crippen molar-refractivity contribution < 1.29 is 14.3 Å². The van der Waals surface area contributed by atoms with E-state index in [0.717, 1.165) is 11.1 Å². The van der Waals surface area contributed by atoms with Crippen molar-refractivity contribution in [2.75, 3.05) is 12.8 Å². The SMILES string of the molecule is CC.COC(=O)Oc1cc(N)c(C(C)(C)C)cc1C(C)(C)C. The number of nitrogen functional groups attached to an aromatic ring is 1. The van der Waals surface area contributed by atoms with Crippen LogP contribution in [-0.2, 0) is 15.6 Å². The van der Waals surface area contributed by atoms with E-state index in [0.29, 0.717) is 11.4 Å². The Bertz CT molecular complexity index is 508. The van der Waals surface area contributed by atoms with E-state index < -0.39 is 6.16 Å². The zero-order chi connectivity index (χ0) is 17.7. The van der Waals surface area contributed by atoms with Gasteiger partial charge >= 0.3 is 6.16 Å². The number of carbonyl (C=O) groups is 1. The number of rotatable bonds is 1. The molecule has 0 aliphatic heterocycles. The van der Waals surface area contributed by atoms with Crippen molar-refractivity contribution in [1.82, 2.24) is 0 Å². The molecule has 0 heterocycles. The molecule has 0 unspecified atom stereocenters. The summed E-state index contributed by atoms with van der Waals surface area (Å²) < 4.78 is 9.79. The second-order valence-corrected chi connectivity index (χ2v) is 6.99. The molecule has 0 radical (unpaired) electrons. The molecule has 0 bridgehead atoms. The lowest BCUT2D eigenvalue weighted by atomic mass is 9.79. The van der Waals surface area contributed by atoms with Crippen molar-refractivity contribution in [1.29, 1.82) is 0 Å². The van der Waals surface area contributed by atoms with Crippen LogP contribution in [0.25, 0.3) is 0 Å². The zero-order valence-electron chi connectivity index (χ0n) is 15.5. The van der Waals surface area contributed by atoms with Crippen molar-refractivity contribution in [3.8, 4) is 5.75 Å². The highest BCUT2D eigenvalue weighted by Crippen LogP contribution is 2.39. The average Bonchev–Trinajstić information content (AvgIpc) is 2.38. The third-order valence-electron chi connectivity index (χ3n) is 3.13. The third kappa shape index (κ3) is 5.24. The van der Waals surface area contributed by atoms with E-state index in [2.05, 4.69) is 46.3 Å². The molecule has 1 rings (SSSR count). The van der Waals surface area contributed by atoms with Crippen LogP contribution in [0.1, 0.15) is 66.5 Å². The van der Waals surface area contributed by atoms with E-state index in [9.17, 15) is 4.79 Å². The Balaban J connectivity index is 0.00000211. The van der Waals surface area contributed by atoms with Gasteiger partial charge in [0, 0.05) is 17.3 Å². The first-order valence-electron chi connectivity index (χ1n) is 7.67. The summed E-state index contributed by atoms with van der Waals surface area (Å²) in [7, 11) is 1.28. The molecule has 0 aliphatic carbocycles. The van der Waals surface area contributed by atoms with Crippen LogP contribution in [0.4, 0.5) is 10.5 Å². The van der Waals surface area contributed by atoms with Gasteiger partial charge in [-0.25, -0.2) is 4.79 Å². The van der Waals surface area contributed by atoms with Crippen LogP contribution in [0.15, 0.2) is 12.1 Å². The Hall–Kier alpha value is -1.71. The fourth-order valence-corrected chi connectivity index (χ4v) is 2.05. The van der Waals surface area contributed by atoms with Gasteiger partial charge in [0.25, 0.3) is 0 Å². The smallest absolute Gasteiger partial charge is 0.437 e. The van der Waals surface area contributed by atoms with Crippen molar-refractivity contribution in [2.45, 2.75) is 66.2 Å². The maximum absolute atomic E-state index is 11.4. The van der Waals surface area contributed by atoms with Crippen LogP contribution in [0, 0.1) is 0 Å². The normalized spacial score (nSPS) is 11.3. The Morgan fingerprint density at radius 2 is 1.41 bits per heavy atom. The van der Waals surface area contributed by atoms with E-state index in [-0.39, 0.29) is 10.8 Å². The topological polar surface area (TPSA) is 61.5 Å². The monoisotopic (exact) mass is 309 g/mol. The number of ether oxygens (including phenoxy) is 2. The quantitative estimate of drug-likeness (QED) is 0.449. The first kappa shape index (κ1) is 20.3. The molecule has 2 N–H and O–H groups in total. The van der Waals surface area contributed by atoms with Crippen LogP contribution in [0.5, 0.6) is 5.75 Å². The molecule has 0 aromatic heterocycles. The number of hydrogen-bond donors (Lipinski definition) is 1. The molecule has 126 valence electrons. The largest absolute Gasteiger partial charge is 0.513 e. The molecule has 0 atom stereocenters. The van der Waals surface area contributed by atoms with Gasteiger partial charge in [0.05, 0.1) is 7.11 Å². The lowest BCUT2D eigenvalue weighted by Gasteiger charge is -2.28. The van der Waals surface area contributed by atoms with Crippen LogP contribution in [0.3, 0.4) is 0 Å². The Kier molecular flexibility index (Phi) is 6.94. The number of carbonyl (C=O) groups excluding carboxylic acids is 1. The molecular weight excluding hydrogens is 278 g/mol. The fraction of sp³-hybridized carbons (Fsp3) is 0.611. The first-order valence-corrected chi connectivity index (χ1v) is 7.67. The highest BCUT2D eigenvalue weighted by atomic mass is 16.7. The lowest BCUT2D eigenvalue weighted by Crippen LogP contribution is -2.20. The second kappa shape index (κ2) is 7.52. The van der Waals surface area contributed by atoms with Gasteiger partial charge in [0.2, 0.25) is 0 Å².